The first-order valence-corrected chi connectivity index (χ1v) is 5.72. The SMILES string of the molecule is COc1cc(N)ccc1C(=O)Nc1cccc(F)c1F. The van der Waals surface area contributed by atoms with Gasteiger partial charge in [-0.2, -0.15) is 0 Å². The van der Waals surface area contributed by atoms with Crippen LogP contribution in [-0.2, 0) is 0 Å². The molecule has 2 aromatic rings. The molecule has 0 radical (unpaired) electrons. The maximum Gasteiger partial charge on any atom is 0.259 e. The highest BCUT2D eigenvalue weighted by atomic mass is 19.2. The second kappa shape index (κ2) is 5.56. The summed E-state index contributed by atoms with van der Waals surface area (Å²) >= 11 is 0. The van der Waals surface area contributed by atoms with Crippen LogP contribution in [0, 0.1) is 11.6 Å². The van der Waals surface area contributed by atoms with Crippen LogP contribution in [0.4, 0.5) is 20.2 Å². The van der Waals surface area contributed by atoms with Crippen LogP contribution in [0.2, 0.25) is 0 Å². The fraction of sp³-hybridized carbons (Fsp3) is 0.0714. The predicted octanol–water partition coefficient (Wildman–Crippen LogP) is 2.81. The average Bonchev–Trinajstić information content (AvgIpc) is 2.43. The first-order valence-electron chi connectivity index (χ1n) is 5.72. The molecule has 0 fully saturated rings. The highest BCUT2D eigenvalue weighted by Crippen LogP contribution is 2.24. The Morgan fingerprint density at radius 3 is 2.70 bits per heavy atom. The van der Waals surface area contributed by atoms with E-state index in [1.165, 1.54) is 37.4 Å². The Labute approximate surface area is 114 Å². The van der Waals surface area contributed by atoms with E-state index < -0.39 is 17.5 Å². The number of amides is 1. The van der Waals surface area contributed by atoms with Gasteiger partial charge in [-0.1, -0.05) is 6.07 Å². The van der Waals surface area contributed by atoms with Gasteiger partial charge in [-0.15, -0.1) is 0 Å². The monoisotopic (exact) mass is 278 g/mol. The fourth-order valence-electron chi connectivity index (χ4n) is 1.69. The van der Waals surface area contributed by atoms with E-state index in [0.29, 0.717) is 5.69 Å². The third-order valence-corrected chi connectivity index (χ3v) is 2.67. The van der Waals surface area contributed by atoms with Gasteiger partial charge in [-0.05, 0) is 24.3 Å². The van der Waals surface area contributed by atoms with Crippen molar-refractivity contribution in [1.82, 2.24) is 0 Å². The summed E-state index contributed by atoms with van der Waals surface area (Å²) in [4.78, 5) is 12.0. The van der Waals surface area contributed by atoms with Crippen molar-refractivity contribution in [3.05, 3.63) is 53.6 Å². The van der Waals surface area contributed by atoms with E-state index in [-0.39, 0.29) is 17.0 Å². The van der Waals surface area contributed by atoms with Gasteiger partial charge in [0, 0.05) is 11.8 Å². The Morgan fingerprint density at radius 2 is 2.00 bits per heavy atom. The van der Waals surface area contributed by atoms with E-state index in [0.717, 1.165) is 6.07 Å². The standard InChI is InChI=1S/C14H12F2N2O2/c1-20-12-7-8(17)5-6-9(12)14(19)18-11-4-2-3-10(15)13(11)16/h2-7H,17H2,1H3,(H,18,19). The van der Waals surface area contributed by atoms with Gasteiger partial charge >= 0.3 is 0 Å². The minimum absolute atomic E-state index is 0.172. The van der Waals surface area contributed by atoms with Crippen LogP contribution in [-0.4, -0.2) is 13.0 Å². The van der Waals surface area contributed by atoms with Gasteiger partial charge in [0.05, 0.1) is 18.4 Å². The van der Waals surface area contributed by atoms with Crippen molar-refractivity contribution < 1.29 is 18.3 Å². The summed E-state index contributed by atoms with van der Waals surface area (Å²) in [7, 11) is 1.38. The van der Waals surface area contributed by atoms with Crippen LogP contribution in [0.3, 0.4) is 0 Å². The van der Waals surface area contributed by atoms with E-state index in [9.17, 15) is 13.6 Å². The number of halogens is 2. The topological polar surface area (TPSA) is 64.3 Å². The smallest absolute Gasteiger partial charge is 0.259 e. The third-order valence-electron chi connectivity index (χ3n) is 2.67. The minimum atomic E-state index is -1.12. The summed E-state index contributed by atoms with van der Waals surface area (Å²) in [6.45, 7) is 0. The number of nitrogens with two attached hydrogens (primary N) is 1. The van der Waals surface area contributed by atoms with Crippen molar-refractivity contribution in [1.29, 1.82) is 0 Å². The minimum Gasteiger partial charge on any atom is -0.496 e. The summed E-state index contributed by atoms with van der Waals surface area (Å²) in [5, 5.41) is 2.29. The predicted molar refractivity (Wildman–Crippen MR) is 71.7 cm³/mol. The summed E-state index contributed by atoms with van der Waals surface area (Å²) < 4.78 is 31.6. The number of hydrogen-bond acceptors (Lipinski definition) is 3. The highest BCUT2D eigenvalue weighted by Gasteiger charge is 2.15. The molecule has 0 heterocycles. The lowest BCUT2D eigenvalue weighted by Gasteiger charge is -2.10. The van der Waals surface area contributed by atoms with Gasteiger partial charge in [0.1, 0.15) is 5.75 Å². The van der Waals surface area contributed by atoms with Crippen molar-refractivity contribution in [2.24, 2.45) is 0 Å². The second-order valence-corrected chi connectivity index (χ2v) is 4.02. The van der Waals surface area contributed by atoms with Crippen LogP contribution in [0.15, 0.2) is 36.4 Å². The Bertz CT molecular complexity index is 660. The molecule has 0 aliphatic carbocycles. The summed E-state index contributed by atoms with van der Waals surface area (Å²) in [5.74, 6) is -2.52. The van der Waals surface area contributed by atoms with Crippen molar-refractivity contribution in [2.45, 2.75) is 0 Å². The molecule has 0 bridgehead atoms. The molecule has 0 aliphatic rings. The molecule has 3 N–H and O–H groups in total. The van der Waals surface area contributed by atoms with Gasteiger partial charge in [0.15, 0.2) is 11.6 Å². The van der Waals surface area contributed by atoms with E-state index in [2.05, 4.69) is 5.32 Å². The molecule has 0 saturated carbocycles. The number of methoxy groups -OCH3 is 1. The maximum atomic E-state index is 13.5. The van der Waals surface area contributed by atoms with E-state index in [1.54, 1.807) is 0 Å². The van der Waals surface area contributed by atoms with Crippen LogP contribution in [0.1, 0.15) is 10.4 Å². The second-order valence-electron chi connectivity index (χ2n) is 4.02. The van der Waals surface area contributed by atoms with Crippen molar-refractivity contribution in [2.75, 3.05) is 18.2 Å². The number of ether oxygens (including phenoxy) is 1. The molecule has 4 nitrogen and oxygen atoms in total. The van der Waals surface area contributed by atoms with Gasteiger partial charge in [-0.25, -0.2) is 8.78 Å². The maximum absolute atomic E-state index is 13.5. The van der Waals surface area contributed by atoms with Crippen molar-refractivity contribution in [3.8, 4) is 5.75 Å². The molecule has 0 aromatic heterocycles. The lowest BCUT2D eigenvalue weighted by Crippen LogP contribution is -2.14. The van der Waals surface area contributed by atoms with Gasteiger partial charge < -0.3 is 15.8 Å². The Balaban J connectivity index is 2.31. The molecule has 0 aliphatic heterocycles. The zero-order valence-corrected chi connectivity index (χ0v) is 10.6. The number of hydrogen-bond donors (Lipinski definition) is 2. The van der Waals surface area contributed by atoms with Crippen LogP contribution in [0.25, 0.3) is 0 Å². The number of nitrogen functional groups attached to an aromatic ring is 1. The number of carbonyl (C=O) groups excluding carboxylic acids is 1. The normalized spacial score (nSPS) is 10.2. The molecule has 0 unspecified atom stereocenters. The Kier molecular flexibility index (Phi) is 3.84. The van der Waals surface area contributed by atoms with Crippen LogP contribution < -0.4 is 15.8 Å². The zero-order valence-electron chi connectivity index (χ0n) is 10.6. The van der Waals surface area contributed by atoms with Crippen molar-refractivity contribution >= 4 is 17.3 Å². The van der Waals surface area contributed by atoms with Crippen LogP contribution in [0.5, 0.6) is 5.75 Å². The largest absolute Gasteiger partial charge is 0.496 e. The average molecular weight is 278 g/mol. The Hall–Kier alpha value is -2.63. The van der Waals surface area contributed by atoms with Gasteiger partial charge in [0.25, 0.3) is 5.91 Å². The zero-order chi connectivity index (χ0) is 14.7. The molecule has 0 atom stereocenters. The lowest BCUT2D eigenvalue weighted by atomic mass is 10.1. The Morgan fingerprint density at radius 1 is 1.25 bits per heavy atom. The third kappa shape index (κ3) is 2.69. The molecular weight excluding hydrogens is 266 g/mol. The number of benzene rings is 2. The molecule has 2 rings (SSSR count). The number of anilines is 2. The van der Waals surface area contributed by atoms with E-state index >= 15 is 0 Å². The number of nitrogens with one attached hydrogen (secondary N) is 1. The van der Waals surface area contributed by atoms with E-state index in [1.807, 2.05) is 0 Å². The molecule has 104 valence electrons. The number of carbonyl (C=O) groups is 1. The fourth-order valence-corrected chi connectivity index (χ4v) is 1.69. The molecule has 0 saturated heterocycles. The molecule has 1 amide bonds. The molecule has 0 spiro atoms. The first kappa shape index (κ1) is 13.8. The van der Waals surface area contributed by atoms with Crippen LogP contribution >= 0.6 is 0 Å². The highest BCUT2D eigenvalue weighted by molar-refractivity contribution is 6.06. The molecule has 20 heavy (non-hydrogen) atoms. The summed E-state index contributed by atoms with van der Waals surface area (Å²) in [6, 6.07) is 7.96. The molecular formula is C14H12F2N2O2. The molecule has 6 heteroatoms. The van der Waals surface area contributed by atoms with Crippen molar-refractivity contribution in [3.63, 3.8) is 0 Å². The lowest BCUT2D eigenvalue weighted by molar-refractivity contribution is 0.102. The summed E-state index contributed by atoms with van der Waals surface area (Å²) in [5.41, 5.74) is 5.93. The first-order chi connectivity index (χ1) is 9.52. The molecule has 2 aromatic carbocycles. The van der Waals surface area contributed by atoms with Gasteiger partial charge in [0.2, 0.25) is 0 Å². The number of rotatable bonds is 3. The van der Waals surface area contributed by atoms with E-state index in [4.69, 9.17) is 10.5 Å². The quantitative estimate of drug-likeness (QED) is 0.848. The summed E-state index contributed by atoms with van der Waals surface area (Å²) in [6.07, 6.45) is 0. The van der Waals surface area contributed by atoms with Gasteiger partial charge in [-0.3, -0.25) is 4.79 Å².